The van der Waals surface area contributed by atoms with Crippen LogP contribution in [0.2, 0.25) is 0 Å². The molecule has 0 aliphatic carbocycles. The van der Waals surface area contributed by atoms with E-state index in [0.717, 1.165) is 29.8 Å². The molecular weight excluding hydrogens is 372 g/mol. The van der Waals surface area contributed by atoms with Crippen molar-refractivity contribution in [1.29, 1.82) is 0 Å². The third kappa shape index (κ3) is 3.38. The van der Waals surface area contributed by atoms with Crippen molar-refractivity contribution in [1.82, 2.24) is 5.32 Å². The Morgan fingerprint density at radius 2 is 2.08 bits per heavy atom. The van der Waals surface area contributed by atoms with Crippen molar-refractivity contribution in [3.05, 3.63) is 51.9 Å². The second-order valence-electron chi connectivity index (χ2n) is 6.14. The van der Waals surface area contributed by atoms with Crippen molar-refractivity contribution >= 4 is 33.4 Å². The number of amides is 2. The number of hydrogen-bond donors (Lipinski definition) is 1. The minimum absolute atomic E-state index is 0.0115. The molecule has 6 heteroatoms. The Hall–Kier alpha value is -2.08. The number of carbonyl (C=O) groups excluding carboxylic acids is 2. The van der Waals surface area contributed by atoms with Gasteiger partial charge in [-0.25, -0.2) is 0 Å². The summed E-state index contributed by atoms with van der Waals surface area (Å²) < 4.78 is 5.76. The summed E-state index contributed by atoms with van der Waals surface area (Å²) in [4.78, 5) is 26.1. The van der Waals surface area contributed by atoms with E-state index in [1.54, 1.807) is 12.1 Å². The molecule has 1 aromatic heterocycles. The average molecular weight is 391 g/mol. The van der Waals surface area contributed by atoms with Crippen LogP contribution in [0.3, 0.4) is 0 Å². The Morgan fingerprint density at radius 1 is 1.29 bits per heavy atom. The third-order valence-corrected chi connectivity index (χ3v) is 4.48. The number of hydrogen-bond acceptors (Lipinski definition) is 3. The number of rotatable bonds is 4. The number of nitrogens with zero attached hydrogens (tertiary/aromatic N) is 1. The molecular formula is C18H19BrN2O3. The van der Waals surface area contributed by atoms with Gasteiger partial charge < -0.3 is 14.6 Å². The molecule has 0 bridgehead atoms. The lowest BCUT2D eigenvalue weighted by atomic mass is 10.1. The molecule has 3 rings (SSSR count). The molecule has 2 heterocycles. The monoisotopic (exact) mass is 390 g/mol. The van der Waals surface area contributed by atoms with Gasteiger partial charge in [0.1, 0.15) is 0 Å². The van der Waals surface area contributed by atoms with Crippen LogP contribution >= 0.6 is 15.9 Å². The molecule has 0 radical (unpaired) electrons. The van der Waals surface area contributed by atoms with Crippen LogP contribution < -0.4 is 10.2 Å². The summed E-state index contributed by atoms with van der Waals surface area (Å²) in [6, 6.07) is 9.28. The zero-order valence-corrected chi connectivity index (χ0v) is 15.2. The van der Waals surface area contributed by atoms with Crippen LogP contribution in [0.15, 0.2) is 39.4 Å². The molecule has 1 aromatic carbocycles. The van der Waals surface area contributed by atoms with Gasteiger partial charge in [-0.1, -0.05) is 26.0 Å². The highest BCUT2D eigenvalue weighted by molar-refractivity contribution is 9.10. The van der Waals surface area contributed by atoms with Crippen LogP contribution in [0, 0.1) is 5.92 Å². The second-order valence-corrected chi connectivity index (χ2v) is 6.93. The van der Waals surface area contributed by atoms with Crippen molar-refractivity contribution in [2.75, 3.05) is 11.4 Å². The van der Waals surface area contributed by atoms with Crippen molar-refractivity contribution in [2.24, 2.45) is 5.92 Å². The summed E-state index contributed by atoms with van der Waals surface area (Å²) in [5.41, 5.74) is 3.14. The predicted octanol–water partition coefficient (Wildman–Crippen LogP) is 3.52. The van der Waals surface area contributed by atoms with Crippen LogP contribution in [-0.4, -0.2) is 18.4 Å². The van der Waals surface area contributed by atoms with Gasteiger partial charge in [0, 0.05) is 24.7 Å². The third-order valence-electron chi connectivity index (χ3n) is 4.05. The van der Waals surface area contributed by atoms with Gasteiger partial charge in [-0.05, 0) is 51.7 Å². The van der Waals surface area contributed by atoms with Crippen LogP contribution in [-0.2, 0) is 17.8 Å². The normalized spacial score (nSPS) is 13.2. The number of benzene rings is 1. The number of anilines is 1. The van der Waals surface area contributed by atoms with E-state index >= 15 is 0 Å². The van der Waals surface area contributed by atoms with Gasteiger partial charge >= 0.3 is 0 Å². The minimum atomic E-state index is -0.252. The number of halogens is 1. The molecule has 126 valence electrons. The molecule has 1 aliphatic heterocycles. The Balaban J connectivity index is 1.67. The first-order valence-electron chi connectivity index (χ1n) is 7.92. The van der Waals surface area contributed by atoms with E-state index in [0.29, 0.717) is 11.2 Å². The maximum absolute atomic E-state index is 12.2. The smallest absolute Gasteiger partial charge is 0.287 e. The summed E-state index contributed by atoms with van der Waals surface area (Å²) in [5.74, 6) is 0.162. The van der Waals surface area contributed by atoms with E-state index < -0.39 is 0 Å². The maximum atomic E-state index is 12.2. The van der Waals surface area contributed by atoms with E-state index in [2.05, 4.69) is 27.3 Å². The highest BCUT2D eigenvalue weighted by Crippen LogP contribution is 2.30. The van der Waals surface area contributed by atoms with E-state index in [1.165, 1.54) is 0 Å². The number of fused-ring (bicyclic) bond motifs is 1. The summed E-state index contributed by atoms with van der Waals surface area (Å²) in [6.07, 6.45) is 0.848. The molecule has 1 aliphatic rings. The fourth-order valence-corrected chi connectivity index (χ4v) is 3.12. The Bertz CT molecular complexity index is 782. The molecule has 0 atom stereocenters. The topological polar surface area (TPSA) is 62.6 Å². The standard InChI is InChI=1S/C18H19BrN2O3/c1-11(2)18(23)21-8-7-13-9-12(3-4-14(13)21)10-20-17(22)15-5-6-16(19)24-15/h3-6,9,11H,7-8,10H2,1-2H3,(H,20,22). The fraction of sp³-hybridized carbons (Fsp3) is 0.333. The summed E-state index contributed by atoms with van der Waals surface area (Å²) >= 11 is 3.18. The number of furan rings is 1. The SMILES string of the molecule is CC(C)C(=O)N1CCc2cc(CNC(=O)c3ccc(Br)o3)ccc21. The molecule has 0 saturated carbocycles. The first-order chi connectivity index (χ1) is 11.5. The second kappa shape index (κ2) is 6.81. The quantitative estimate of drug-likeness (QED) is 0.868. The summed E-state index contributed by atoms with van der Waals surface area (Å²) in [7, 11) is 0. The fourth-order valence-electron chi connectivity index (χ4n) is 2.81. The molecule has 24 heavy (non-hydrogen) atoms. The van der Waals surface area contributed by atoms with E-state index in [9.17, 15) is 9.59 Å². The van der Waals surface area contributed by atoms with Crippen LogP contribution in [0.5, 0.6) is 0 Å². The van der Waals surface area contributed by atoms with Crippen molar-refractivity contribution in [2.45, 2.75) is 26.8 Å². The molecule has 0 unspecified atom stereocenters. The minimum Gasteiger partial charge on any atom is -0.444 e. The highest BCUT2D eigenvalue weighted by Gasteiger charge is 2.26. The lowest BCUT2D eigenvalue weighted by Crippen LogP contribution is -2.32. The lowest BCUT2D eigenvalue weighted by Gasteiger charge is -2.19. The van der Waals surface area contributed by atoms with Crippen LogP contribution in [0.1, 0.15) is 35.5 Å². The van der Waals surface area contributed by atoms with Gasteiger partial charge in [-0.2, -0.15) is 0 Å². The summed E-state index contributed by atoms with van der Waals surface area (Å²) in [5, 5.41) is 2.84. The Kier molecular flexibility index (Phi) is 4.76. The maximum Gasteiger partial charge on any atom is 0.287 e. The van der Waals surface area contributed by atoms with Crippen molar-refractivity contribution in [3.8, 4) is 0 Å². The Morgan fingerprint density at radius 3 is 2.75 bits per heavy atom. The van der Waals surface area contributed by atoms with E-state index in [-0.39, 0.29) is 23.5 Å². The van der Waals surface area contributed by atoms with E-state index in [1.807, 2.05) is 30.9 Å². The van der Waals surface area contributed by atoms with Gasteiger partial charge in [0.15, 0.2) is 10.4 Å². The van der Waals surface area contributed by atoms with Crippen molar-refractivity contribution < 1.29 is 14.0 Å². The van der Waals surface area contributed by atoms with Crippen molar-refractivity contribution in [3.63, 3.8) is 0 Å². The number of carbonyl (C=O) groups is 2. The zero-order chi connectivity index (χ0) is 17.3. The van der Waals surface area contributed by atoms with E-state index in [4.69, 9.17) is 4.42 Å². The molecule has 1 N–H and O–H groups in total. The first-order valence-corrected chi connectivity index (χ1v) is 8.71. The highest BCUT2D eigenvalue weighted by atomic mass is 79.9. The molecule has 0 spiro atoms. The van der Waals surface area contributed by atoms with Gasteiger partial charge in [0.05, 0.1) is 0 Å². The predicted molar refractivity (Wildman–Crippen MR) is 94.9 cm³/mol. The molecule has 2 amide bonds. The van der Waals surface area contributed by atoms with Crippen LogP contribution in [0.4, 0.5) is 5.69 Å². The van der Waals surface area contributed by atoms with Crippen LogP contribution in [0.25, 0.3) is 0 Å². The lowest BCUT2D eigenvalue weighted by molar-refractivity contribution is -0.121. The average Bonchev–Trinajstić information content (AvgIpc) is 3.17. The molecule has 0 fully saturated rings. The van der Waals surface area contributed by atoms with Gasteiger partial charge in [-0.3, -0.25) is 9.59 Å². The van der Waals surface area contributed by atoms with Gasteiger partial charge in [-0.15, -0.1) is 0 Å². The number of nitrogens with one attached hydrogen (secondary N) is 1. The first kappa shape index (κ1) is 16.8. The summed E-state index contributed by atoms with van der Waals surface area (Å²) in [6.45, 7) is 4.97. The van der Waals surface area contributed by atoms with Gasteiger partial charge in [0.2, 0.25) is 5.91 Å². The Labute approximate surface area is 149 Å². The molecule has 5 nitrogen and oxygen atoms in total. The molecule has 0 saturated heterocycles. The molecule has 2 aromatic rings. The van der Waals surface area contributed by atoms with Gasteiger partial charge in [0.25, 0.3) is 5.91 Å². The largest absolute Gasteiger partial charge is 0.444 e. The zero-order valence-electron chi connectivity index (χ0n) is 13.6.